The molecule has 3 rings (SSSR count). The number of carbonyl (C=O) groups is 1. The van der Waals surface area contributed by atoms with Crippen molar-refractivity contribution in [2.24, 2.45) is 23.5 Å². The van der Waals surface area contributed by atoms with Crippen LogP contribution in [0.25, 0.3) is 0 Å². The summed E-state index contributed by atoms with van der Waals surface area (Å²) in [6.45, 7) is 1.34. The number of halogens is 1. The molecule has 1 saturated heterocycles. The van der Waals surface area contributed by atoms with Crippen LogP contribution in [0.1, 0.15) is 38.5 Å². The zero-order valence-electron chi connectivity index (χ0n) is 11.3. The first-order chi connectivity index (χ1) is 8.74. The van der Waals surface area contributed by atoms with Gasteiger partial charge < -0.3 is 15.8 Å². The summed E-state index contributed by atoms with van der Waals surface area (Å²) in [4.78, 5) is 12.2. The molecule has 1 amide bonds. The van der Waals surface area contributed by atoms with Crippen molar-refractivity contribution in [1.82, 2.24) is 5.32 Å². The van der Waals surface area contributed by atoms with Crippen molar-refractivity contribution in [3.63, 3.8) is 0 Å². The van der Waals surface area contributed by atoms with Crippen molar-refractivity contribution >= 4 is 18.3 Å². The second-order valence-electron chi connectivity index (χ2n) is 6.28. The van der Waals surface area contributed by atoms with E-state index in [0.717, 1.165) is 25.9 Å². The largest absolute Gasteiger partial charge is 0.381 e. The molecule has 5 heteroatoms. The van der Waals surface area contributed by atoms with Crippen LogP contribution in [0.5, 0.6) is 0 Å². The smallest absolute Gasteiger partial charge is 0.225 e. The fourth-order valence-corrected chi connectivity index (χ4v) is 4.05. The van der Waals surface area contributed by atoms with Crippen LogP contribution in [0.15, 0.2) is 0 Å². The lowest BCUT2D eigenvalue weighted by molar-refractivity contribution is -0.127. The van der Waals surface area contributed by atoms with Crippen LogP contribution in [0.3, 0.4) is 0 Å². The molecule has 1 heterocycles. The van der Waals surface area contributed by atoms with Crippen molar-refractivity contribution < 1.29 is 9.53 Å². The van der Waals surface area contributed by atoms with E-state index in [1.807, 2.05) is 0 Å². The van der Waals surface area contributed by atoms with Gasteiger partial charge in [-0.25, -0.2) is 0 Å². The summed E-state index contributed by atoms with van der Waals surface area (Å²) in [5.74, 6) is 1.52. The highest BCUT2D eigenvalue weighted by atomic mass is 35.5. The van der Waals surface area contributed by atoms with Gasteiger partial charge in [0, 0.05) is 18.7 Å². The maximum Gasteiger partial charge on any atom is 0.225 e. The highest BCUT2D eigenvalue weighted by Crippen LogP contribution is 2.39. The lowest BCUT2D eigenvalue weighted by Crippen LogP contribution is -2.54. The molecule has 110 valence electrons. The summed E-state index contributed by atoms with van der Waals surface area (Å²) in [6.07, 6.45) is 6.83. The molecule has 2 bridgehead atoms. The Labute approximate surface area is 121 Å². The monoisotopic (exact) mass is 288 g/mol. The molecule has 0 aromatic rings. The van der Waals surface area contributed by atoms with E-state index in [2.05, 4.69) is 5.32 Å². The minimum absolute atomic E-state index is 0. The third-order valence-corrected chi connectivity index (χ3v) is 4.99. The highest BCUT2D eigenvalue weighted by Gasteiger charge is 2.40. The zero-order valence-corrected chi connectivity index (χ0v) is 12.2. The van der Waals surface area contributed by atoms with Crippen LogP contribution in [0.2, 0.25) is 0 Å². The predicted octanol–water partition coefficient (Wildman–Crippen LogP) is 1.47. The van der Waals surface area contributed by atoms with Crippen molar-refractivity contribution in [3.8, 4) is 0 Å². The quantitative estimate of drug-likeness (QED) is 0.809. The van der Waals surface area contributed by atoms with E-state index >= 15 is 0 Å². The first kappa shape index (κ1) is 15.1. The number of nitrogens with one attached hydrogen (secondary N) is 1. The molecule has 3 unspecified atom stereocenters. The normalized spacial score (nSPS) is 41.4. The Bertz CT molecular complexity index is 307. The summed E-state index contributed by atoms with van der Waals surface area (Å²) in [5, 5.41) is 3.31. The lowest BCUT2D eigenvalue weighted by Gasteiger charge is -2.45. The van der Waals surface area contributed by atoms with E-state index in [0.29, 0.717) is 30.5 Å². The molecule has 19 heavy (non-hydrogen) atoms. The summed E-state index contributed by atoms with van der Waals surface area (Å²) in [7, 11) is 0. The van der Waals surface area contributed by atoms with Gasteiger partial charge in [-0.2, -0.15) is 0 Å². The summed E-state index contributed by atoms with van der Waals surface area (Å²) in [6, 6.07) is 0.731. The SMILES string of the molecule is Cl.NC1CC2CCCC(C1)C2NC(=O)C1CCOC1. The van der Waals surface area contributed by atoms with Gasteiger partial charge in [0.05, 0.1) is 12.5 Å². The standard InChI is InChI=1S/C14H24N2O2.ClH/c15-12-6-9-2-1-3-10(7-12)13(9)16-14(17)11-4-5-18-8-11;/h9-13H,1-8,15H2,(H,16,17);1H. The highest BCUT2D eigenvalue weighted by molar-refractivity contribution is 5.85. The first-order valence-electron chi connectivity index (χ1n) is 7.37. The van der Waals surface area contributed by atoms with Gasteiger partial charge in [0.15, 0.2) is 0 Å². The number of rotatable bonds is 2. The molecule has 0 radical (unpaired) electrons. The topological polar surface area (TPSA) is 64.3 Å². The molecule has 3 atom stereocenters. The van der Waals surface area contributed by atoms with Crippen LogP contribution < -0.4 is 11.1 Å². The third-order valence-electron chi connectivity index (χ3n) is 4.99. The third kappa shape index (κ3) is 3.23. The molecular weight excluding hydrogens is 264 g/mol. The van der Waals surface area contributed by atoms with Crippen LogP contribution >= 0.6 is 12.4 Å². The number of amides is 1. The van der Waals surface area contributed by atoms with E-state index < -0.39 is 0 Å². The molecule has 3 aliphatic rings. The number of hydrogen-bond donors (Lipinski definition) is 2. The lowest BCUT2D eigenvalue weighted by atomic mass is 9.67. The van der Waals surface area contributed by atoms with Crippen LogP contribution in [0, 0.1) is 17.8 Å². The molecule has 4 nitrogen and oxygen atoms in total. The van der Waals surface area contributed by atoms with Gasteiger partial charge in [0.1, 0.15) is 0 Å². The minimum atomic E-state index is 0. The average Bonchev–Trinajstić information content (AvgIpc) is 2.83. The second kappa shape index (κ2) is 6.42. The van der Waals surface area contributed by atoms with Crippen molar-refractivity contribution in [2.75, 3.05) is 13.2 Å². The second-order valence-corrected chi connectivity index (χ2v) is 6.28. The van der Waals surface area contributed by atoms with Gasteiger partial charge in [-0.05, 0) is 43.9 Å². The van der Waals surface area contributed by atoms with Gasteiger partial charge in [-0.15, -0.1) is 12.4 Å². The Kier molecular flexibility index (Phi) is 5.09. The fourth-order valence-electron chi connectivity index (χ4n) is 4.05. The summed E-state index contributed by atoms with van der Waals surface area (Å²) in [5.41, 5.74) is 6.11. The van der Waals surface area contributed by atoms with Gasteiger partial charge in [-0.3, -0.25) is 4.79 Å². The molecule has 0 aromatic heterocycles. The van der Waals surface area contributed by atoms with E-state index in [4.69, 9.17) is 10.5 Å². The van der Waals surface area contributed by atoms with Crippen molar-refractivity contribution in [2.45, 2.75) is 50.6 Å². The molecule has 1 aliphatic heterocycles. The minimum Gasteiger partial charge on any atom is -0.381 e. The molecule has 3 N–H and O–H groups in total. The average molecular weight is 289 g/mol. The Balaban J connectivity index is 0.00000133. The Morgan fingerprint density at radius 1 is 1.16 bits per heavy atom. The van der Waals surface area contributed by atoms with Gasteiger partial charge in [0.25, 0.3) is 0 Å². The summed E-state index contributed by atoms with van der Waals surface area (Å²) >= 11 is 0. The number of nitrogens with two attached hydrogens (primary N) is 1. The van der Waals surface area contributed by atoms with Gasteiger partial charge in [0.2, 0.25) is 5.91 Å². The fraction of sp³-hybridized carbons (Fsp3) is 0.929. The number of fused-ring (bicyclic) bond motifs is 2. The van der Waals surface area contributed by atoms with Crippen molar-refractivity contribution in [3.05, 3.63) is 0 Å². The molecular formula is C14H25ClN2O2. The van der Waals surface area contributed by atoms with Crippen LogP contribution in [-0.4, -0.2) is 31.2 Å². The van der Waals surface area contributed by atoms with Crippen molar-refractivity contribution in [1.29, 1.82) is 0 Å². The molecule has 2 aliphatic carbocycles. The Hall–Kier alpha value is -0.320. The number of hydrogen-bond acceptors (Lipinski definition) is 3. The van der Waals surface area contributed by atoms with E-state index in [-0.39, 0.29) is 24.2 Å². The predicted molar refractivity (Wildman–Crippen MR) is 76.1 cm³/mol. The van der Waals surface area contributed by atoms with Gasteiger partial charge >= 0.3 is 0 Å². The zero-order chi connectivity index (χ0) is 12.5. The van der Waals surface area contributed by atoms with E-state index in [1.165, 1.54) is 19.3 Å². The van der Waals surface area contributed by atoms with Gasteiger partial charge in [-0.1, -0.05) is 6.42 Å². The van der Waals surface area contributed by atoms with E-state index in [9.17, 15) is 4.79 Å². The Morgan fingerprint density at radius 2 is 1.84 bits per heavy atom. The molecule has 3 fully saturated rings. The van der Waals surface area contributed by atoms with Crippen LogP contribution in [0.4, 0.5) is 0 Å². The Morgan fingerprint density at radius 3 is 2.42 bits per heavy atom. The van der Waals surface area contributed by atoms with E-state index in [1.54, 1.807) is 0 Å². The van der Waals surface area contributed by atoms with Crippen LogP contribution in [-0.2, 0) is 9.53 Å². The number of carbonyl (C=O) groups excluding carboxylic acids is 1. The maximum atomic E-state index is 12.2. The maximum absolute atomic E-state index is 12.2. The molecule has 0 aromatic carbocycles. The molecule has 0 spiro atoms. The first-order valence-corrected chi connectivity index (χ1v) is 7.37. The number of ether oxygens (including phenoxy) is 1. The summed E-state index contributed by atoms with van der Waals surface area (Å²) < 4.78 is 5.30. The molecule has 2 saturated carbocycles.